The highest BCUT2D eigenvalue weighted by Gasteiger charge is 2.35. The lowest BCUT2D eigenvalue weighted by atomic mass is 10.1. The molecule has 0 radical (unpaired) electrons. The summed E-state index contributed by atoms with van der Waals surface area (Å²) in [4.78, 5) is 11.1. The number of benzene rings is 2. The van der Waals surface area contributed by atoms with Crippen LogP contribution in [-0.2, 0) is 6.54 Å². The van der Waals surface area contributed by atoms with E-state index < -0.39 is 0 Å². The molecule has 0 bridgehead atoms. The van der Waals surface area contributed by atoms with E-state index >= 15 is 0 Å². The molecule has 6 nitrogen and oxygen atoms in total. The van der Waals surface area contributed by atoms with Crippen molar-refractivity contribution in [2.45, 2.75) is 12.6 Å². The van der Waals surface area contributed by atoms with Crippen LogP contribution in [0.1, 0.15) is 17.3 Å². The van der Waals surface area contributed by atoms with Crippen LogP contribution in [0.3, 0.4) is 0 Å². The third kappa shape index (κ3) is 3.54. The Morgan fingerprint density at radius 3 is 2.65 bits per heavy atom. The Morgan fingerprint density at radius 2 is 1.81 bits per heavy atom. The zero-order valence-electron chi connectivity index (χ0n) is 17.1. The SMILES string of the molecule is COc1ccccc1N1c2ncnc(Cl)c2-n2cccc2C1CNCc1ccccc1. The number of methoxy groups -OCH3 is 1. The van der Waals surface area contributed by atoms with Crippen LogP contribution < -0.4 is 15.0 Å². The molecule has 1 aliphatic rings. The van der Waals surface area contributed by atoms with Gasteiger partial charge in [-0.3, -0.25) is 0 Å². The van der Waals surface area contributed by atoms with Gasteiger partial charge in [-0.2, -0.15) is 0 Å². The second kappa shape index (κ2) is 8.41. The maximum Gasteiger partial charge on any atom is 0.163 e. The quantitative estimate of drug-likeness (QED) is 0.439. The summed E-state index contributed by atoms with van der Waals surface area (Å²) in [6.07, 6.45) is 3.51. The normalized spacial score (nSPS) is 14.8. The number of nitrogens with zero attached hydrogens (tertiary/aromatic N) is 4. The molecule has 1 aliphatic heterocycles. The molecule has 156 valence electrons. The van der Waals surface area contributed by atoms with Crippen LogP contribution >= 0.6 is 11.6 Å². The van der Waals surface area contributed by atoms with Crippen molar-refractivity contribution in [3.63, 3.8) is 0 Å². The van der Waals surface area contributed by atoms with Crippen LogP contribution in [0.25, 0.3) is 5.69 Å². The molecule has 0 spiro atoms. The van der Waals surface area contributed by atoms with Crippen molar-refractivity contribution in [1.82, 2.24) is 19.9 Å². The van der Waals surface area contributed by atoms with Crippen molar-refractivity contribution in [3.8, 4) is 11.4 Å². The lowest BCUT2D eigenvalue weighted by Crippen LogP contribution is -2.38. The number of rotatable bonds is 6. The van der Waals surface area contributed by atoms with E-state index in [9.17, 15) is 0 Å². The Kier molecular flexibility index (Phi) is 5.32. The molecule has 0 saturated carbocycles. The van der Waals surface area contributed by atoms with E-state index in [1.165, 1.54) is 11.9 Å². The van der Waals surface area contributed by atoms with Gasteiger partial charge in [0.1, 0.15) is 17.8 Å². The fraction of sp³-hybridized carbons (Fsp3) is 0.167. The van der Waals surface area contributed by atoms with Crippen LogP contribution in [0.15, 0.2) is 79.3 Å². The van der Waals surface area contributed by atoms with E-state index in [4.69, 9.17) is 16.3 Å². The average Bonchev–Trinajstić information content (AvgIpc) is 3.29. The van der Waals surface area contributed by atoms with Crippen LogP contribution in [0.5, 0.6) is 5.75 Å². The minimum Gasteiger partial charge on any atom is -0.495 e. The number of para-hydroxylation sites is 2. The van der Waals surface area contributed by atoms with Crippen molar-refractivity contribution < 1.29 is 4.74 Å². The molecule has 0 amide bonds. The summed E-state index contributed by atoms with van der Waals surface area (Å²) in [6, 6.07) is 22.5. The summed E-state index contributed by atoms with van der Waals surface area (Å²) in [5.74, 6) is 1.52. The van der Waals surface area contributed by atoms with Gasteiger partial charge >= 0.3 is 0 Å². The number of hydrogen-bond donors (Lipinski definition) is 1. The lowest BCUT2D eigenvalue weighted by molar-refractivity contribution is 0.413. The van der Waals surface area contributed by atoms with Crippen molar-refractivity contribution in [2.75, 3.05) is 18.6 Å². The Morgan fingerprint density at radius 1 is 1.00 bits per heavy atom. The molecule has 1 atom stereocenters. The van der Waals surface area contributed by atoms with Gasteiger partial charge in [0.2, 0.25) is 0 Å². The van der Waals surface area contributed by atoms with E-state index in [0.29, 0.717) is 11.7 Å². The van der Waals surface area contributed by atoms with E-state index in [2.05, 4.69) is 55.1 Å². The molecule has 3 heterocycles. The molecule has 1 unspecified atom stereocenters. The Balaban J connectivity index is 1.59. The fourth-order valence-corrected chi connectivity index (χ4v) is 4.36. The number of fused-ring (bicyclic) bond motifs is 3. The van der Waals surface area contributed by atoms with Gasteiger partial charge in [-0.25, -0.2) is 9.97 Å². The zero-order valence-corrected chi connectivity index (χ0v) is 17.8. The second-order valence-corrected chi connectivity index (χ2v) is 7.67. The van der Waals surface area contributed by atoms with Gasteiger partial charge in [0.15, 0.2) is 11.0 Å². The molecule has 0 fully saturated rings. The molecule has 1 N–H and O–H groups in total. The highest BCUT2D eigenvalue weighted by Crippen LogP contribution is 2.46. The lowest BCUT2D eigenvalue weighted by Gasteiger charge is -2.39. The van der Waals surface area contributed by atoms with Gasteiger partial charge < -0.3 is 19.5 Å². The number of aromatic nitrogens is 3. The third-order valence-corrected chi connectivity index (χ3v) is 5.79. The third-order valence-electron chi connectivity index (χ3n) is 5.52. The minimum absolute atomic E-state index is 0.0199. The molecular weight excluding hydrogens is 410 g/mol. The molecule has 7 heteroatoms. The molecule has 2 aromatic heterocycles. The first-order valence-electron chi connectivity index (χ1n) is 10.1. The molecule has 0 aliphatic carbocycles. The maximum absolute atomic E-state index is 6.54. The molecule has 31 heavy (non-hydrogen) atoms. The van der Waals surface area contributed by atoms with Crippen LogP contribution in [0.2, 0.25) is 5.15 Å². The van der Waals surface area contributed by atoms with Gasteiger partial charge in [-0.05, 0) is 29.8 Å². The minimum atomic E-state index is -0.0199. The predicted octanol–water partition coefficient (Wildman–Crippen LogP) is 4.91. The van der Waals surface area contributed by atoms with Gasteiger partial charge in [0.05, 0.1) is 18.8 Å². The van der Waals surface area contributed by atoms with Crippen molar-refractivity contribution >= 4 is 23.1 Å². The van der Waals surface area contributed by atoms with Gasteiger partial charge in [0.25, 0.3) is 0 Å². The summed E-state index contributed by atoms with van der Waals surface area (Å²) in [5, 5.41) is 4.03. The first-order chi connectivity index (χ1) is 15.3. The zero-order chi connectivity index (χ0) is 21.2. The number of anilines is 2. The predicted molar refractivity (Wildman–Crippen MR) is 122 cm³/mol. The molecular formula is C24H22ClN5O. The smallest absolute Gasteiger partial charge is 0.163 e. The first-order valence-corrected chi connectivity index (χ1v) is 10.5. The monoisotopic (exact) mass is 431 g/mol. The van der Waals surface area contributed by atoms with Crippen LogP contribution in [0.4, 0.5) is 11.5 Å². The van der Waals surface area contributed by atoms with Crippen molar-refractivity contribution in [1.29, 1.82) is 0 Å². The summed E-state index contributed by atoms with van der Waals surface area (Å²) in [7, 11) is 1.68. The standard InChI is InChI=1S/C24H22ClN5O/c1-31-21-12-6-5-10-19(21)30-20(15-26-14-17-8-3-2-4-9-17)18-11-7-13-29(18)22-23(25)27-16-28-24(22)30/h2-13,16,20,26H,14-15H2,1H3. The highest BCUT2D eigenvalue weighted by molar-refractivity contribution is 6.31. The van der Waals surface area contributed by atoms with Crippen molar-refractivity contribution in [3.05, 3.63) is 95.7 Å². The first kappa shape index (κ1) is 19.6. The summed E-state index contributed by atoms with van der Waals surface area (Å²) in [5.41, 5.74) is 4.05. The highest BCUT2D eigenvalue weighted by atomic mass is 35.5. The van der Waals surface area contributed by atoms with Gasteiger partial charge in [0, 0.05) is 25.0 Å². The number of nitrogens with one attached hydrogen (secondary N) is 1. The van der Waals surface area contributed by atoms with Crippen LogP contribution in [0, 0.1) is 0 Å². The maximum atomic E-state index is 6.54. The molecule has 4 aromatic rings. The number of halogens is 1. The Labute approximate surface area is 186 Å². The fourth-order valence-electron chi connectivity index (χ4n) is 4.14. The molecule has 0 saturated heterocycles. The van der Waals surface area contributed by atoms with E-state index in [-0.39, 0.29) is 6.04 Å². The molecule has 2 aromatic carbocycles. The second-order valence-electron chi connectivity index (χ2n) is 7.31. The Hall–Kier alpha value is -3.35. The Bertz CT molecular complexity index is 1190. The van der Waals surface area contributed by atoms with Gasteiger partial charge in [-0.1, -0.05) is 54.1 Å². The largest absolute Gasteiger partial charge is 0.495 e. The number of ether oxygens (including phenoxy) is 1. The van der Waals surface area contributed by atoms with Crippen LogP contribution in [-0.4, -0.2) is 28.2 Å². The van der Waals surface area contributed by atoms with Crippen molar-refractivity contribution in [2.24, 2.45) is 0 Å². The van der Waals surface area contributed by atoms with E-state index in [1.54, 1.807) is 7.11 Å². The van der Waals surface area contributed by atoms with E-state index in [0.717, 1.165) is 35.2 Å². The molecule has 5 rings (SSSR count). The summed E-state index contributed by atoms with van der Waals surface area (Å²) >= 11 is 6.54. The van der Waals surface area contributed by atoms with Gasteiger partial charge in [-0.15, -0.1) is 0 Å². The summed E-state index contributed by atoms with van der Waals surface area (Å²) in [6.45, 7) is 1.48. The topological polar surface area (TPSA) is 55.2 Å². The average molecular weight is 432 g/mol. The number of hydrogen-bond acceptors (Lipinski definition) is 5. The summed E-state index contributed by atoms with van der Waals surface area (Å²) < 4.78 is 7.77. The van der Waals surface area contributed by atoms with E-state index in [1.807, 2.05) is 42.6 Å².